The number of phosphoric acid groups is 1. The number of carbonyl (C=O) groups excluding carboxylic acids is 2. The van der Waals surface area contributed by atoms with Crippen molar-refractivity contribution in [1.29, 1.82) is 0 Å². The molecule has 0 rings (SSSR count). The maximum atomic E-state index is 12.6. The van der Waals surface area contributed by atoms with Crippen LogP contribution in [0.15, 0.2) is 60.8 Å². The zero-order valence-electron chi connectivity index (χ0n) is 36.1. The second-order valence-electron chi connectivity index (χ2n) is 14.8. The Morgan fingerprint density at radius 2 is 0.966 bits per heavy atom. The third-order valence-electron chi connectivity index (χ3n) is 9.25. The van der Waals surface area contributed by atoms with E-state index in [9.17, 15) is 23.8 Å². The fourth-order valence-corrected chi connectivity index (χ4v) is 6.53. The molecule has 0 aliphatic heterocycles. The summed E-state index contributed by atoms with van der Waals surface area (Å²) in [5.41, 5.74) is 5.33. The molecular weight excluding hydrogens is 757 g/mol. The Labute approximate surface area is 351 Å². The second kappa shape index (κ2) is 40.9. The Morgan fingerprint density at radius 1 is 0.552 bits per heavy atom. The molecule has 0 saturated heterocycles. The van der Waals surface area contributed by atoms with Gasteiger partial charge in [0.05, 0.1) is 13.2 Å². The number of esters is 2. The molecule has 12 heteroatoms. The molecule has 0 bridgehead atoms. The van der Waals surface area contributed by atoms with Crippen LogP contribution >= 0.6 is 7.82 Å². The van der Waals surface area contributed by atoms with Gasteiger partial charge >= 0.3 is 25.7 Å². The summed E-state index contributed by atoms with van der Waals surface area (Å²) in [7, 11) is -4.72. The quantitative estimate of drug-likeness (QED) is 0.0231. The molecular formula is C46H80NO10P. The number of hydrogen-bond donors (Lipinski definition) is 3. The van der Waals surface area contributed by atoms with E-state index in [4.69, 9.17) is 24.8 Å². The molecule has 0 aromatic rings. The topological polar surface area (TPSA) is 172 Å². The first-order valence-corrected chi connectivity index (χ1v) is 23.8. The normalized spacial score (nSPS) is 14.3. The molecule has 11 nitrogen and oxygen atoms in total. The van der Waals surface area contributed by atoms with Crippen molar-refractivity contribution in [2.45, 2.75) is 193 Å². The van der Waals surface area contributed by atoms with Crippen LogP contribution in [0.2, 0.25) is 0 Å². The molecule has 4 N–H and O–H groups in total. The number of aliphatic carboxylic acids is 1. The zero-order chi connectivity index (χ0) is 42.8. The first kappa shape index (κ1) is 55.2. The lowest BCUT2D eigenvalue weighted by Gasteiger charge is -2.20. The summed E-state index contributed by atoms with van der Waals surface area (Å²) in [5.74, 6) is -2.41. The highest BCUT2D eigenvalue weighted by molar-refractivity contribution is 7.47. The molecule has 0 heterocycles. The molecule has 0 amide bonds. The van der Waals surface area contributed by atoms with Crippen molar-refractivity contribution in [2.24, 2.45) is 5.73 Å². The molecule has 3 atom stereocenters. The smallest absolute Gasteiger partial charge is 0.472 e. The van der Waals surface area contributed by atoms with Gasteiger partial charge < -0.3 is 25.2 Å². The standard InChI is InChI=1S/C46H80NO10P/c1-3-5-7-9-11-13-15-17-19-20-21-22-24-25-27-29-31-33-35-37-44(48)54-39-42(40-55-58(52,53)56-41-43(47)46(50)51)57-45(49)38-36-34-32-30-28-26-23-18-16-14-12-10-8-6-4-2/h6,8,11-14,17-19,23,42-43H,3-5,7,9-10,15-16,20-22,24-41,47H2,1-2H3,(H,50,51)(H,52,53)/b8-6-,13-11-,14-12-,19-17-,23-18-. The number of carboxylic acids is 1. The number of carbonyl (C=O) groups is 3. The van der Waals surface area contributed by atoms with Gasteiger partial charge in [0.25, 0.3) is 0 Å². The second-order valence-corrected chi connectivity index (χ2v) is 16.2. The number of phosphoric ester groups is 1. The Bertz CT molecular complexity index is 1210. The van der Waals surface area contributed by atoms with Crippen LogP contribution in [0, 0.1) is 0 Å². The number of hydrogen-bond acceptors (Lipinski definition) is 9. The fraction of sp³-hybridized carbons (Fsp3) is 0.717. The van der Waals surface area contributed by atoms with Crippen molar-refractivity contribution in [3.05, 3.63) is 60.8 Å². The number of carboxylic acid groups (broad SMARTS) is 1. The van der Waals surface area contributed by atoms with Crippen LogP contribution < -0.4 is 5.73 Å². The molecule has 58 heavy (non-hydrogen) atoms. The third kappa shape index (κ3) is 40.0. The summed E-state index contributed by atoms with van der Waals surface area (Å²) in [6, 6.07) is -1.53. The van der Waals surface area contributed by atoms with Crippen molar-refractivity contribution in [1.82, 2.24) is 0 Å². The lowest BCUT2D eigenvalue weighted by Crippen LogP contribution is -2.34. The summed E-state index contributed by atoms with van der Waals surface area (Å²) >= 11 is 0. The van der Waals surface area contributed by atoms with Crippen molar-refractivity contribution >= 4 is 25.7 Å². The molecule has 0 saturated carbocycles. The number of allylic oxidation sites excluding steroid dienone is 10. The summed E-state index contributed by atoms with van der Waals surface area (Å²) in [6.45, 7) is 2.64. The molecule has 0 fully saturated rings. The lowest BCUT2D eigenvalue weighted by atomic mass is 10.1. The van der Waals surface area contributed by atoms with Crippen LogP contribution in [-0.4, -0.2) is 59.9 Å². The van der Waals surface area contributed by atoms with Crippen LogP contribution in [0.4, 0.5) is 0 Å². The molecule has 0 radical (unpaired) electrons. The van der Waals surface area contributed by atoms with Crippen molar-refractivity contribution in [3.8, 4) is 0 Å². The minimum atomic E-state index is -4.72. The minimum Gasteiger partial charge on any atom is -0.480 e. The van der Waals surface area contributed by atoms with Gasteiger partial charge in [-0.1, -0.05) is 152 Å². The van der Waals surface area contributed by atoms with Crippen molar-refractivity contribution in [3.63, 3.8) is 0 Å². The van der Waals surface area contributed by atoms with Crippen LogP contribution in [0.1, 0.15) is 181 Å². The Hall–Kier alpha value is -2.82. The van der Waals surface area contributed by atoms with E-state index in [0.29, 0.717) is 12.8 Å². The van der Waals surface area contributed by atoms with Gasteiger partial charge in [-0.25, -0.2) is 4.57 Å². The maximum Gasteiger partial charge on any atom is 0.472 e. The highest BCUT2D eigenvalue weighted by Gasteiger charge is 2.28. The summed E-state index contributed by atoms with van der Waals surface area (Å²) in [6.07, 6.45) is 47.1. The highest BCUT2D eigenvalue weighted by atomic mass is 31.2. The van der Waals surface area contributed by atoms with E-state index < -0.39 is 51.1 Å². The molecule has 3 unspecified atom stereocenters. The molecule has 0 aromatic heterocycles. The van der Waals surface area contributed by atoms with Gasteiger partial charge in [-0.3, -0.25) is 23.4 Å². The fourth-order valence-electron chi connectivity index (χ4n) is 5.76. The first-order valence-electron chi connectivity index (χ1n) is 22.3. The van der Waals surface area contributed by atoms with Crippen molar-refractivity contribution < 1.29 is 47.5 Å². The number of rotatable bonds is 41. The average Bonchev–Trinajstić information content (AvgIpc) is 3.20. The number of ether oxygens (including phenoxy) is 2. The van der Waals surface area contributed by atoms with Crippen molar-refractivity contribution in [2.75, 3.05) is 19.8 Å². The van der Waals surface area contributed by atoms with E-state index >= 15 is 0 Å². The SMILES string of the molecule is CC/C=C\C/C=C\C/C=C\CCCCCCCC(=O)OC(COC(=O)CCCCCCCCCCC/C=C\C/C=C\CCCCC)COP(=O)(O)OCC(N)C(=O)O. The van der Waals surface area contributed by atoms with E-state index in [0.717, 1.165) is 83.5 Å². The van der Waals surface area contributed by atoms with Crippen LogP contribution in [0.3, 0.4) is 0 Å². The number of nitrogens with two attached hydrogens (primary N) is 1. The summed E-state index contributed by atoms with van der Waals surface area (Å²) < 4.78 is 32.7. The maximum absolute atomic E-state index is 12.6. The van der Waals surface area contributed by atoms with Gasteiger partial charge in [-0.15, -0.1) is 0 Å². The van der Waals surface area contributed by atoms with Gasteiger partial charge in [-0.05, 0) is 77.0 Å². The Balaban J connectivity index is 4.36. The van der Waals surface area contributed by atoms with Crippen LogP contribution in [0.5, 0.6) is 0 Å². The van der Waals surface area contributed by atoms with Crippen LogP contribution in [0.25, 0.3) is 0 Å². The van der Waals surface area contributed by atoms with Gasteiger partial charge in [-0.2, -0.15) is 0 Å². The molecule has 0 aliphatic rings. The molecule has 0 aromatic carbocycles. The monoisotopic (exact) mass is 838 g/mol. The highest BCUT2D eigenvalue weighted by Crippen LogP contribution is 2.43. The van der Waals surface area contributed by atoms with Crippen LogP contribution in [-0.2, 0) is 37.5 Å². The molecule has 334 valence electrons. The number of unbranched alkanes of at least 4 members (excludes halogenated alkanes) is 17. The van der Waals surface area contributed by atoms with E-state index in [1.165, 1.54) is 57.8 Å². The molecule has 0 spiro atoms. The van der Waals surface area contributed by atoms with E-state index in [1.807, 2.05) is 0 Å². The van der Waals surface area contributed by atoms with Gasteiger partial charge in [0.1, 0.15) is 12.6 Å². The summed E-state index contributed by atoms with van der Waals surface area (Å²) in [4.78, 5) is 46.0. The molecule has 0 aliphatic carbocycles. The first-order chi connectivity index (χ1) is 28.1. The minimum absolute atomic E-state index is 0.138. The summed E-state index contributed by atoms with van der Waals surface area (Å²) in [5, 5.41) is 8.89. The lowest BCUT2D eigenvalue weighted by molar-refractivity contribution is -0.161. The average molecular weight is 838 g/mol. The van der Waals surface area contributed by atoms with Gasteiger partial charge in [0, 0.05) is 12.8 Å². The Morgan fingerprint density at radius 3 is 1.45 bits per heavy atom. The largest absolute Gasteiger partial charge is 0.480 e. The third-order valence-corrected chi connectivity index (χ3v) is 10.2. The Kier molecular flexibility index (Phi) is 38.9. The zero-order valence-corrected chi connectivity index (χ0v) is 37.0. The predicted octanol–water partition coefficient (Wildman–Crippen LogP) is 12.0. The van der Waals surface area contributed by atoms with Gasteiger partial charge in [0.2, 0.25) is 0 Å². The van der Waals surface area contributed by atoms with Gasteiger partial charge in [0.15, 0.2) is 6.10 Å². The van der Waals surface area contributed by atoms with E-state index in [2.05, 4.69) is 79.1 Å². The predicted molar refractivity (Wildman–Crippen MR) is 235 cm³/mol. The van der Waals surface area contributed by atoms with E-state index in [1.54, 1.807) is 0 Å². The van der Waals surface area contributed by atoms with E-state index in [-0.39, 0.29) is 19.4 Å².